The number of carboxylic acid groups (broad SMARTS) is 1. The van der Waals surface area contributed by atoms with Gasteiger partial charge in [-0.15, -0.1) is 0 Å². The number of aliphatic carboxylic acids is 1. The number of esters is 1. The summed E-state index contributed by atoms with van der Waals surface area (Å²) < 4.78 is 4.86. The van der Waals surface area contributed by atoms with E-state index in [-0.39, 0.29) is 12.3 Å². The van der Waals surface area contributed by atoms with Crippen LogP contribution in [0.1, 0.15) is 32.4 Å². The van der Waals surface area contributed by atoms with E-state index in [0.29, 0.717) is 5.02 Å². The van der Waals surface area contributed by atoms with E-state index in [1.807, 2.05) is 0 Å². The van der Waals surface area contributed by atoms with Gasteiger partial charge in [-0.2, -0.15) is 12.6 Å². The first-order chi connectivity index (χ1) is 11.4. The summed E-state index contributed by atoms with van der Waals surface area (Å²) in [6.07, 6.45) is -0.603. The molecular weight excluding hydrogens is 368 g/mol. The molecule has 0 spiro atoms. The zero-order chi connectivity index (χ0) is 19.8. The molecule has 1 aromatic carbocycles. The van der Waals surface area contributed by atoms with E-state index >= 15 is 0 Å². The van der Waals surface area contributed by atoms with Gasteiger partial charge in [-0.3, -0.25) is 0 Å². The van der Waals surface area contributed by atoms with Crippen molar-refractivity contribution in [2.45, 2.75) is 38.0 Å². The summed E-state index contributed by atoms with van der Waals surface area (Å²) in [6.45, 7) is 5.11. The number of aliphatic hydroxyl groups excluding tert-OH is 1. The lowest BCUT2D eigenvalue weighted by Gasteiger charge is -2.26. The van der Waals surface area contributed by atoms with E-state index < -0.39 is 29.2 Å². The summed E-state index contributed by atoms with van der Waals surface area (Å²) in [5, 5.41) is 18.6. The van der Waals surface area contributed by atoms with E-state index in [2.05, 4.69) is 12.6 Å². The fourth-order valence-corrected chi connectivity index (χ4v) is 1.90. The number of benzene rings is 1. The van der Waals surface area contributed by atoms with Gasteiger partial charge in [0.25, 0.3) is 0 Å². The monoisotopic (exact) mass is 392 g/mol. The number of hydrogen-bond acceptors (Lipinski definition) is 7. The molecule has 0 heterocycles. The minimum atomic E-state index is -2.07. The van der Waals surface area contributed by atoms with Crippen molar-refractivity contribution in [2.24, 2.45) is 11.5 Å². The quantitative estimate of drug-likeness (QED) is 0.290. The first-order valence-electron chi connectivity index (χ1n) is 7.37. The van der Waals surface area contributed by atoms with Crippen LogP contribution in [0.5, 0.6) is 0 Å². The Morgan fingerprint density at radius 3 is 2.28 bits per heavy atom. The molecule has 0 saturated carbocycles. The minimum Gasteiger partial charge on any atom is -0.479 e. The summed E-state index contributed by atoms with van der Waals surface area (Å²) >= 11 is 9.42. The van der Waals surface area contributed by atoms with Crippen LogP contribution in [0.4, 0.5) is 0 Å². The fraction of sp³-hybridized carbons (Fsp3) is 0.500. The highest BCUT2D eigenvalue weighted by molar-refractivity contribution is 7.80. The van der Waals surface area contributed by atoms with Gasteiger partial charge >= 0.3 is 11.9 Å². The van der Waals surface area contributed by atoms with Crippen molar-refractivity contribution in [1.29, 1.82) is 0 Å². The van der Waals surface area contributed by atoms with Gasteiger partial charge in [0.1, 0.15) is 5.60 Å². The van der Waals surface area contributed by atoms with Crippen molar-refractivity contribution in [3.05, 3.63) is 34.9 Å². The molecule has 2 atom stereocenters. The second kappa shape index (κ2) is 9.98. The lowest BCUT2D eigenvalue weighted by molar-refractivity contribution is -0.167. The van der Waals surface area contributed by atoms with E-state index in [9.17, 15) is 14.7 Å². The third-order valence-corrected chi connectivity index (χ3v) is 3.58. The summed E-state index contributed by atoms with van der Waals surface area (Å²) in [6, 6.07) is 7.05. The zero-order valence-electron chi connectivity index (χ0n) is 14.4. The van der Waals surface area contributed by atoms with Gasteiger partial charge in [-0.05, 0) is 38.5 Å². The lowest BCUT2D eigenvalue weighted by atomic mass is 10.0. The largest absolute Gasteiger partial charge is 0.479 e. The van der Waals surface area contributed by atoms with Crippen LogP contribution in [0.25, 0.3) is 0 Å². The third kappa shape index (κ3) is 8.06. The van der Waals surface area contributed by atoms with Crippen LogP contribution in [0, 0.1) is 0 Å². The van der Waals surface area contributed by atoms with Gasteiger partial charge in [0.05, 0.1) is 6.10 Å². The highest BCUT2D eigenvalue weighted by Crippen LogP contribution is 2.16. The highest BCUT2D eigenvalue weighted by Gasteiger charge is 2.44. The first kappa shape index (κ1) is 23.7. The molecule has 9 heteroatoms. The molecule has 0 fully saturated rings. The van der Waals surface area contributed by atoms with Gasteiger partial charge in [0.15, 0.2) is 0 Å². The zero-order valence-corrected chi connectivity index (χ0v) is 16.1. The maximum Gasteiger partial charge on any atom is 0.339 e. The number of hydrogen-bond donors (Lipinski definition) is 5. The molecule has 0 aliphatic rings. The van der Waals surface area contributed by atoms with Gasteiger partial charge in [-0.25, -0.2) is 9.59 Å². The Balaban J connectivity index is 0.000000472. The van der Waals surface area contributed by atoms with Gasteiger partial charge in [-0.1, -0.05) is 23.7 Å². The van der Waals surface area contributed by atoms with Crippen LogP contribution in [0.15, 0.2) is 24.3 Å². The summed E-state index contributed by atoms with van der Waals surface area (Å²) in [5.74, 6) is -2.73. The first-order valence-corrected chi connectivity index (χ1v) is 8.38. The smallest absolute Gasteiger partial charge is 0.339 e. The van der Waals surface area contributed by atoms with Crippen molar-refractivity contribution < 1.29 is 24.5 Å². The number of carbonyl (C=O) groups is 2. The van der Waals surface area contributed by atoms with Crippen LogP contribution in [-0.4, -0.2) is 45.6 Å². The molecule has 1 unspecified atom stereocenters. The van der Waals surface area contributed by atoms with Gasteiger partial charge in [0.2, 0.25) is 5.54 Å². The predicted octanol–water partition coefficient (Wildman–Crippen LogP) is 1.37. The Kier molecular flexibility index (Phi) is 9.45. The standard InChI is InChI=1S/C8H10ClNO.C8H15NO4S/c9-7-3-1-2-6(4-7)8(11)5-10;1-7(2,3)13-6(12)8(9,4-14)5(10)11/h1-4,8,11H,5,10H2;14H,4,9H2,1-3H3,(H,10,11)/t8-;/m1./s1. The molecule has 0 bridgehead atoms. The Morgan fingerprint density at radius 1 is 1.36 bits per heavy atom. The Labute approximate surface area is 157 Å². The Morgan fingerprint density at radius 2 is 1.92 bits per heavy atom. The van der Waals surface area contributed by atoms with Crippen LogP contribution in [-0.2, 0) is 14.3 Å². The number of aliphatic hydroxyl groups is 1. The summed E-state index contributed by atoms with van der Waals surface area (Å²) in [7, 11) is 0. The van der Waals surface area contributed by atoms with Crippen molar-refractivity contribution in [2.75, 3.05) is 12.3 Å². The van der Waals surface area contributed by atoms with Crippen molar-refractivity contribution in [3.8, 4) is 0 Å². The van der Waals surface area contributed by atoms with Crippen LogP contribution in [0.2, 0.25) is 5.02 Å². The van der Waals surface area contributed by atoms with E-state index in [1.54, 1.807) is 45.0 Å². The average Bonchev–Trinajstić information content (AvgIpc) is 2.51. The molecule has 1 rings (SSSR count). The molecule has 6 N–H and O–H groups in total. The van der Waals surface area contributed by atoms with Crippen molar-refractivity contribution in [1.82, 2.24) is 0 Å². The van der Waals surface area contributed by atoms with Gasteiger partial charge < -0.3 is 26.4 Å². The number of nitrogens with two attached hydrogens (primary N) is 2. The molecule has 0 aliphatic heterocycles. The minimum absolute atomic E-state index is 0.223. The van der Waals surface area contributed by atoms with Crippen LogP contribution in [0.3, 0.4) is 0 Å². The molecule has 7 nitrogen and oxygen atoms in total. The molecule has 142 valence electrons. The maximum absolute atomic E-state index is 11.4. The second-order valence-electron chi connectivity index (χ2n) is 6.24. The number of carbonyl (C=O) groups excluding carboxylic acids is 1. The van der Waals surface area contributed by atoms with E-state index in [0.717, 1.165) is 5.56 Å². The Hall–Kier alpha value is -1.32. The molecule has 0 radical (unpaired) electrons. The average molecular weight is 393 g/mol. The van der Waals surface area contributed by atoms with Crippen LogP contribution < -0.4 is 11.5 Å². The lowest BCUT2D eigenvalue weighted by Crippen LogP contribution is -2.58. The second-order valence-corrected chi connectivity index (χ2v) is 7.00. The Bertz CT molecular complexity index is 594. The number of thiol groups is 1. The van der Waals surface area contributed by atoms with Crippen LogP contribution >= 0.6 is 24.2 Å². The SMILES string of the molecule is CC(C)(C)OC(=O)C(N)(CS)C(=O)O.NC[C@@H](O)c1cccc(Cl)c1. The predicted molar refractivity (Wildman–Crippen MR) is 99.7 cm³/mol. The van der Waals surface area contributed by atoms with E-state index in [1.165, 1.54) is 0 Å². The molecular formula is C16H25ClN2O5S. The molecule has 0 aliphatic carbocycles. The number of rotatable bonds is 5. The molecule has 25 heavy (non-hydrogen) atoms. The maximum atomic E-state index is 11.4. The molecule has 0 aromatic heterocycles. The fourth-order valence-electron chi connectivity index (χ4n) is 1.44. The normalized spacial score (nSPS) is 14.6. The highest BCUT2D eigenvalue weighted by atomic mass is 35.5. The third-order valence-electron chi connectivity index (χ3n) is 2.85. The van der Waals surface area contributed by atoms with Crippen molar-refractivity contribution >= 4 is 36.2 Å². The molecule has 1 aromatic rings. The number of halogens is 1. The summed E-state index contributed by atoms with van der Waals surface area (Å²) in [5.41, 5.74) is 8.53. The molecule has 0 saturated heterocycles. The van der Waals surface area contributed by atoms with Crippen molar-refractivity contribution in [3.63, 3.8) is 0 Å². The number of carboxylic acids is 1. The number of ether oxygens (including phenoxy) is 1. The topological polar surface area (TPSA) is 136 Å². The van der Waals surface area contributed by atoms with Gasteiger partial charge in [0, 0.05) is 17.3 Å². The molecule has 0 amide bonds. The summed E-state index contributed by atoms with van der Waals surface area (Å²) in [4.78, 5) is 22.1. The van der Waals surface area contributed by atoms with E-state index in [4.69, 9.17) is 32.9 Å².